The van der Waals surface area contributed by atoms with Crippen molar-refractivity contribution in [2.24, 2.45) is 0 Å². The smallest absolute Gasteiger partial charge is 0.307 e. The number of carbonyl (C=O) groups is 2. The molecule has 1 atom stereocenters. The average Bonchev–Trinajstić information content (AvgIpc) is 2.97. The SMILES string of the molecule is COC(=O)CC(NC(=O)c1sc(C(C)C)nc1C)c1ccc(F)cc1. The second-order valence-electron chi connectivity index (χ2n) is 5.98. The van der Waals surface area contributed by atoms with Crippen LogP contribution in [0.2, 0.25) is 0 Å². The molecular weight excluding hydrogens is 343 g/mol. The van der Waals surface area contributed by atoms with E-state index in [9.17, 15) is 14.0 Å². The summed E-state index contributed by atoms with van der Waals surface area (Å²) in [7, 11) is 1.29. The highest BCUT2D eigenvalue weighted by Gasteiger charge is 2.23. The number of hydrogen-bond donors (Lipinski definition) is 1. The lowest BCUT2D eigenvalue weighted by Crippen LogP contribution is -2.30. The molecule has 1 aromatic carbocycles. The largest absolute Gasteiger partial charge is 0.469 e. The number of benzene rings is 1. The Kier molecular flexibility index (Phi) is 6.25. The van der Waals surface area contributed by atoms with E-state index < -0.39 is 12.0 Å². The van der Waals surface area contributed by atoms with Crippen molar-refractivity contribution in [3.63, 3.8) is 0 Å². The number of ether oxygens (including phenoxy) is 1. The second-order valence-corrected chi connectivity index (χ2v) is 7.01. The van der Waals surface area contributed by atoms with Gasteiger partial charge in [0.25, 0.3) is 5.91 Å². The van der Waals surface area contributed by atoms with Crippen molar-refractivity contribution >= 4 is 23.2 Å². The number of carbonyl (C=O) groups excluding carboxylic acids is 2. The van der Waals surface area contributed by atoms with Crippen LogP contribution in [-0.2, 0) is 9.53 Å². The van der Waals surface area contributed by atoms with Crippen LogP contribution in [0, 0.1) is 12.7 Å². The van der Waals surface area contributed by atoms with E-state index in [1.54, 1.807) is 19.1 Å². The molecule has 25 heavy (non-hydrogen) atoms. The first-order chi connectivity index (χ1) is 11.8. The van der Waals surface area contributed by atoms with Crippen LogP contribution in [0.1, 0.15) is 58.2 Å². The molecule has 2 rings (SSSR count). The van der Waals surface area contributed by atoms with Crippen LogP contribution in [0.25, 0.3) is 0 Å². The quantitative estimate of drug-likeness (QED) is 0.793. The predicted octanol–water partition coefficient (Wildman–Crippen LogP) is 3.75. The molecule has 0 saturated heterocycles. The standard InChI is InChI=1S/C18H21FN2O3S/c1-10(2)18-20-11(3)16(25-18)17(23)21-14(9-15(22)24-4)12-5-7-13(19)8-6-12/h5-8,10,14H,9H2,1-4H3,(H,21,23). The van der Waals surface area contributed by atoms with Crippen molar-refractivity contribution in [2.75, 3.05) is 7.11 Å². The molecule has 0 spiro atoms. The second kappa shape index (κ2) is 8.20. The highest BCUT2D eigenvalue weighted by atomic mass is 32.1. The minimum absolute atomic E-state index is 0.0389. The highest BCUT2D eigenvalue weighted by Crippen LogP contribution is 2.26. The van der Waals surface area contributed by atoms with Crippen LogP contribution in [0.3, 0.4) is 0 Å². The number of hydrogen-bond acceptors (Lipinski definition) is 5. The zero-order chi connectivity index (χ0) is 18.6. The van der Waals surface area contributed by atoms with Gasteiger partial charge in [-0.2, -0.15) is 0 Å². The van der Waals surface area contributed by atoms with E-state index in [1.807, 2.05) is 13.8 Å². The summed E-state index contributed by atoms with van der Waals surface area (Å²) in [6.45, 7) is 5.81. The van der Waals surface area contributed by atoms with Crippen LogP contribution >= 0.6 is 11.3 Å². The van der Waals surface area contributed by atoms with Gasteiger partial charge in [0.2, 0.25) is 0 Å². The summed E-state index contributed by atoms with van der Waals surface area (Å²) < 4.78 is 17.9. The molecule has 0 aliphatic rings. The van der Waals surface area contributed by atoms with Crippen molar-refractivity contribution < 1.29 is 18.7 Å². The molecule has 0 bridgehead atoms. The van der Waals surface area contributed by atoms with Crippen LogP contribution in [0.4, 0.5) is 4.39 Å². The first-order valence-corrected chi connectivity index (χ1v) is 8.74. The van der Waals surface area contributed by atoms with Crippen LogP contribution < -0.4 is 5.32 Å². The molecule has 1 heterocycles. The van der Waals surface area contributed by atoms with Crippen molar-refractivity contribution in [1.82, 2.24) is 10.3 Å². The highest BCUT2D eigenvalue weighted by molar-refractivity contribution is 7.13. The number of rotatable bonds is 6. The fourth-order valence-electron chi connectivity index (χ4n) is 2.30. The van der Waals surface area contributed by atoms with Gasteiger partial charge < -0.3 is 10.1 Å². The average molecular weight is 364 g/mol. The summed E-state index contributed by atoms with van der Waals surface area (Å²) in [5, 5.41) is 3.72. The van der Waals surface area contributed by atoms with Gasteiger partial charge >= 0.3 is 5.97 Å². The van der Waals surface area contributed by atoms with E-state index >= 15 is 0 Å². The molecule has 7 heteroatoms. The molecule has 1 amide bonds. The molecule has 0 saturated carbocycles. The number of amides is 1. The molecule has 0 radical (unpaired) electrons. The maximum atomic E-state index is 13.2. The topological polar surface area (TPSA) is 68.3 Å². The Hall–Kier alpha value is -2.28. The summed E-state index contributed by atoms with van der Waals surface area (Å²) in [6.07, 6.45) is -0.0389. The lowest BCUT2D eigenvalue weighted by molar-refractivity contribution is -0.141. The van der Waals surface area contributed by atoms with Gasteiger partial charge in [0, 0.05) is 5.92 Å². The van der Waals surface area contributed by atoms with Crippen molar-refractivity contribution in [3.05, 3.63) is 51.2 Å². The first kappa shape index (κ1) is 19.1. The van der Waals surface area contributed by atoms with Gasteiger partial charge in [0.15, 0.2) is 0 Å². The van der Waals surface area contributed by atoms with Crippen molar-refractivity contribution in [2.45, 2.75) is 39.2 Å². The van der Waals surface area contributed by atoms with Gasteiger partial charge in [-0.05, 0) is 24.6 Å². The van der Waals surface area contributed by atoms with Gasteiger partial charge in [0.1, 0.15) is 10.7 Å². The number of thiazole rings is 1. The number of methoxy groups -OCH3 is 1. The molecule has 0 fully saturated rings. The number of halogens is 1. The van der Waals surface area contributed by atoms with E-state index in [0.717, 1.165) is 5.01 Å². The van der Waals surface area contributed by atoms with E-state index in [0.29, 0.717) is 16.1 Å². The van der Waals surface area contributed by atoms with E-state index in [2.05, 4.69) is 10.3 Å². The van der Waals surface area contributed by atoms with Crippen molar-refractivity contribution in [3.8, 4) is 0 Å². The first-order valence-electron chi connectivity index (χ1n) is 7.92. The van der Waals surface area contributed by atoms with Gasteiger partial charge in [0.05, 0.1) is 30.3 Å². The third-order valence-corrected chi connectivity index (χ3v) is 5.15. The van der Waals surface area contributed by atoms with E-state index in [4.69, 9.17) is 4.74 Å². The predicted molar refractivity (Wildman–Crippen MR) is 94.2 cm³/mol. The fourth-order valence-corrected chi connectivity index (χ4v) is 3.27. The third-order valence-electron chi connectivity index (χ3n) is 3.69. The Bertz CT molecular complexity index is 756. The van der Waals surface area contributed by atoms with Crippen molar-refractivity contribution in [1.29, 1.82) is 0 Å². The Balaban J connectivity index is 2.24. The lowest BCUT2D eigenvalue weighted by atomic mass is 10.0. The summed E-state index contributed by atoms with van der Waals surface area (Å²) >= 11 is 1.34. The lowest BCUT2D eigenvalue weighted by Gasteiger charge is -2.18. The molecule has 1 N–H and O–H groups in total. The Morgan fingerprint density at radius 1 is 1.28 bits per heavy atom. The molecule has 0 aliphatic carbocycles. The Labute approximate surface area is 150 Å². The van der Waals surface area contributed by atoms with Gasteiger partial charge in [-0.1, -0.05) is 26.0 Å². The van der Waals surface area contributed by atoms with Gasteiger partial charge in [-0.15, -0.1) is 11.3 Å². The third kappa shape index (κ3) is 4.85. The molecular formula is C18H21FN2O3S. The Morgan fingerprint density at radius 3 is 2.44 bits per heavy atom. The number of esters is 1. The summed E-state index contributed by atoms with van der Waals surface area (Å²) in [6, 6.07) is 5.07. The minimum atomic E-state index is -0.607. The number of aryl methyl sites for hydroxylation is 1. The number of aromatic nitrogens is 1. The summed E-state index contributed by atoms with van der Waals surface area (Å²) in [5.41, 5.74) is 1.29. The monoisotopic (exact) mass is 364 g/mol. The summed E-state index contributed by atoms with van der Waals surface area (Å²) in [4.78, 5) is 29.3. The summed E-state index contributed by atoms with van der Waals surface area (Å²) in [5.74, 6) is -0.918. The Morgan fingerprint density at radius 2 is 1.92 bits per heavy atom. The maximum Gasteiger partial charge on any atom is 0.307 e. The number of nitrogens with one attached hydrogen (secondary N) is 1. The molecule has 1 unspecified atom stereocenters. The molecule has 5 nitrogen and oxygen atoms in total. The zero-order valence-electron chi connectivity index (χ0n) is 14.6. The van der Waals surface area contributed by atoms with E-state index in [-0.39, 0.29) is 24.1 Å². The zero-order valence-corrected chi connectivity index (χ0v) is 15.4. The fraction of sp³-hybridized carbons (Fsp3) is 0.389. The minimum Gasteiger partial charge on any atom is -0.469 e. The maximum absolute atomic E-state index is 13.2. The molecule has 1 aromatic heterocycles. The van der Waals surface area contributed by atoms with Crippen LogP contribution in [0.15, 0.2) is 24.3 Å². The molecule has 0 aliphatic heterocycles. The van der Waals surface area contributed by atoms with Crippen LogP contribution in [-0.4, -0.2) is 24.0 Å². The van der Waals surface area contributed by atoms with E-state index in [1.165, 1.54) is 30.6 Å². The normalized spacial score (nSPS) is 12.1. The number of nitrogens with zero attached hydrogens (tertiary/aromatic N) is 1. The van der Waals surface area contributed by atoms with Gasteiger partial charge in [-0.3, -0.25) is 9.59 Å². The van der Waals surface area contributed by atoms with Gasteiger partial charge in [-0.25, -0.2) is 9.37 Å². The molecule has 134 valence electrons. The van der Waals surface area contributed by atoms with Crippen LogP contribution in [0.5, 0.6) is 0 Å². The molecule has 2 aromatic rings.